The number of likely N-dealkylation sites (tertiary alicyclic amines) is 1. The molecule has 1 aliphatic heterocycles. The molecule has 27 heavy (non-hydrogen) atoms. The lowest BCUT2D eigenvalue weighted by Crippen LogP contribution is -2.46. The molecule has 3 heterocycles. The third kappa shape index (κ3) is 3.67. The summed E-state index contributed by atoms with van der Waals surface area (Å²) in [5.41, 5.74) is 2.36. The molecule has 0 bridgehead atoms. The van der Waals surface area contributed by atoms with Crippen LogP contribution in [0.2, 0.25) is 0 Å². The molecule has 4 rings (SSSR count). The maximum atomic E-state index is 12.7. The second kappa shape index (κ2) is 7.64. The van der Waals surface area contributed by atoms with Crippen molar-refractivity contribution in [3.05, 3.63) is 70.4 Å². The van der Waals surface area contributed by atoms with Gasteiger partial charge in [-0.25, -0.2) is 4.98 Å². The van der Waals surface area contributed by atoms with Crippen molar-refractivity contribution in [3.63, 3.8) is 0 Å². The van der Waals surface area contributed by atoms with Crippen LogP contribution in [-0.2, 0) is 16.8 Å². The largest absolute Gasteiger partial charge is 0.343 e. The summed E-state index contributed by atoms with van der Waals surface area (Å²) < 4.78 is 1.81. The van der Waals surface area contributed by atoms with E-state index in [0.29, 0.717) is 13.0 Å². The lowest BCUT2D eigenvalue weighted by Gasteiger charge is -2.41. The number of thiazole rings is 1. The highest BCUT2D eigenvalue weighted by molar-refractivity contribution is 7.09. The molecule has 3 aromatic rings. The highest BCUT2D eigenvalue weighted by Crippen LogP contribution is 2.42. The Labute approximate surface area is 163 Å². The van der Waals surface area contributed by atoms with E-state index in [1.165, 1.54) is 5.56 Å². The van der Waals surface area contributed by atoms with E-state index in [4.69, 9.17) is 4.98 Å². The number of benzene rings is 1. The van der Waals surface area contributed by atoms with Gasteiger partial charge in [-0.15, -0.1) is 11.3 Å². The topological polar surface area (TPSA) is 51.0 Å². The Hall–Kier alpha value is -2.47. The second-order valence-corrected chi connectivity index (χ2v) is 8.16. The van der Waals surface area contributed by atoms with Gasteiger partial charge in [0.15, 0.2) is 0 Å². The van der Waals surface area contributed by atoms with Crippen LogP contribution < -0.4 is 0 Å². The molecule has 0 spiro atoms. The molecule has 1 aromatic carbocycles. The van der Waals surface area contributed by atoms with Crippen LogP contribution in [0.5, 0.6) is 0 Å². The first kappa shape index (κ1) is 17.9. The van der Waals surface area contributed by atoms with Crippen molar-refractivity contribution >= 4 is 17.2 Å². The molecule has 140 valence electrons. The summed E-state index contributed by atoms with van der Waals surface area (Å²) in [6.45, 7) is 4.23. The molecule has 0 atom stereocenters. The Kier molecular flexibility index (Phi) is 5.07. The van der Waals surface area contributed by atoms with Gasteiger partial charge in [-0.1, -0.05) is 30.3 Å². The lowest BCUT2D eigenvalue weighted by molar-refractivity contribution is -0.132. The number of nitrogens with zero attached hydrogens (tertiary/aromatic N) is 4. The minimum Gasteiger partial charge on any atom is -0.343 e. The van der Waals surface area contributed by atoms with Crippen molar-refractivity contribution in [3.8, 4) is 0 Å². The Morgan fingerprint density at radius 2 is 1.96 bits per heavy atom. The van der Waals surface area contributed by atoms with Crippen LogP contribution in [0, 0.1) is 6.92 Å². The molecule has 1 aliphatic rings. The number of aryl methyl sites for hydroxylation is 2. The first-order valence-electron chi connectivity index (χ1n) is 9.41. The minimum atomic E-state index is -0.0925. The highest BCUT2D eigenvalue weighted by atomic mass is 32.1. The normalized spacial score (nSPS) is 16.4. The average molecular weight is 381 g/mol. The fourth-order valence-corrected chi connectivity index (χ4v) is 4.68. The number of piperidine rings is 1. The van der Waals surface area contributed by atoms with Crippen molar-refractivity contribution in [2.24, 2.45) is 0 Å². The van der Waals surface area contributed by atoms with Crippen LogP contribution in [0.15, 0.2) is 54.2 Å². The van der Waals surface area contributed by atoms with Crippen LogP contribution in [-0.4, -0.2) is 38.7 Å². The molecule has 0 aliphatic carbocycles. The number of carbonyl (C=O) groups excluding carboxylic acids is 1. The number of hydrogen-bond acceptors (Lipinski definition) is 4. The van der Waals surface area contributed by atoms with Gasteiger partial charge in [-0.3, -0.25) is 9.48 Å². The van der Waals surface area contributed by atoms with E-state index in [9.17, 15) is 4.79 Å². The van der Waals surface area contributed by atoms with Gasteiger partial charge >= 0.3 is 0 Å². The zero-order valence-electron chi connectivity index (χ0n) is 15.5. The van der Waals surface area contributed by atoms with Gasteiger partial charge in [0.05, 0.1) is 10.7 Å². The van der Waals surface area contributed by atoms with Gasteiger partial charge in [0.1, 0.15) is 0 Å². The predicted octanol–water partition coefficient (Wildman–Crippen LogP) is 3.65. The monoisotopic (exact) mass is 380 g/mol. The number of aromatic nitrogens is 3. The fraction of sp³-hybridized carbons (Fsp3) is 0.381. The summed E-state index contributed by atoms with van der Waals surface area (Å²) in [4.78, 5) is 19.5. The summed E-state index contributed by atoms with van der Waals surface area (Å²) in [5.74, 6) is 0.210. The molecule has 0 unspecified atom stereocenters. The summed E-state index contributed by atoms with van der Waals surface area (Å²) in [6, 6.07) is 12.5. The number of carbonyl (C=O) groups is 1. The maximum absolute atomic E-state index is 12.7. The first-order chi connectivity index (χ1) is 13.2. The van der Waals surface area contributed by atoms with Crippen LogP contribution in [0.3, 0.4) is 0 Å². The highest BCUT2D eigenvalue weighted by Gasteiger charge is 2.40. The van der Waals surface area contributed by atoms with Crippen molar-refractivity contribution in [2.75, 3.05) is 13.1 Å². The van der Waals surface area contributed by atoms with E-state index in [1.54, 1.807) is 17.5 Å². The van der Waals surface area contributed by atoms with Crippen LogP contribution in [0.4, 0.5) is 0 Å². The second-order valence-electron chi connectivity index (χ2n) is 7.10. The third-order valence-electron chi connectivity index (χ3n) is 5.52. The quantitative estimate of drug-likeness (QED) is 0.679. The van der Waals surface area contributed by atoms with Gasteiger partial charge in [0, 0.05) is 49.2 Å². The molecular weight excluding hydrogens is 356 g/mol. The van der Waals surface area contributed by atoms with Crippen LogP contribution in [0.25, 0.3) is 0 Å². The Balaban J connectivity index is 1.49. The van der Waals surface area contributed by atoms with Crippen LogP contribution >= 0.6 is 11.3 Å². The molecule has 2 aromatic heterocycles. The molecule has 0 saturated carbocycles. The number of hydrogen-bond donors (Lipinski definition) is 0. The molecular formula is C21H24N4OS. The SMILES string of the molecule is Cc1nc(C2(c3ccccc3)CCN(C(=O)CCn3cccn3)CC2)cs1. The molecule has 0 N–H and O–H groups in total. The van der Waals surface area contributed by atoms with Gasteiger partial charge in [-0.2, -0.15) is 5.10 Å². The Bertz CT molecular complexity index is 880. The first-order valence-corrected chi connectivity index (χ1v) is 10.3. The van der Waals surface area contributed by atoms with Crippen molar-refractivity contribution < 1.29 is 4.79 Å². The fourth-order valence-electron chi connectivity index (χ4n) is 3.97. The van der Waals surface area contributed by atoms with E-state index in [2.05, 4.69) is 47.7 Å². The summed E-state index contributed by atoms with van der Waals surface area (Å²) in [5, 5.41) is 7.46. The molecule has 1 saturated heterocycles. The average Bonchev–Trinajstić information content (AvgIpc) is 3.39. The number of rotatable bonds is 5. The van der Waals surface area contributed by atoms with Crippen molar-refractivity contribution in [1.82, 2.24) is 19.7 Å². The zero-order valence-corrected chi connectivity index (χ0v) is 16.4. The lowest BCUT2D eigenvalue weighted by atomic mass is 9.70. The Morgan fingerprint density at radius 1 is 1.19 bits per heavy atom. The van der Waals surface area contributed by atoms with Crippen molar-refractivity contribution in [2.45, 2.75) is 38.1 Å². The zero-order chi connectivity index (χ0) is 18.7. The van der Waals surface area contributed by atoms with E-state index in [1.807, 2.05) is 21.8 Å². The van der Waals surface area contributed by atoms with Gasteiger partial charge in [0.25, 0.3) is 0 Å². The van der Waals surface area contributed by atoms with Gasteiger partial charge in [0.2, 0.25) is 5.91 Å². The van der Waals surface area contributed by atoms with Crippen LogP contribution in [0.1, 0.15) is 35.5 Å². The summed E-state index contributed by atoms with van der Waals surface area (Å²) in [7, 11) is 0. The smallest absolute Gasteiger partial charge is 0.224 e. The molecule has 0 radical (unpaired) electrons. The van der Waals surface area contributed by atoms with Gasteiger partial charge in [-0.05, 0) is 31.4 Å². The van der Waals surface area contributed by atoms with Crippen molar-refractivity contribution in [1.29, 1.82) is 0 Å². The number of amides is 1. The van der Waals surface area contributed by atoms with E-state index >= 15 is 0 Å². The van der Waals surface area contributed by atoms with E-state index < -0.39 is 0 Å². The van der Waals surface area contributed by atoms with Gasteiger partial charge < -0.3 is 4.90 Å². The molecule has 5 nitrogen and oxygen atoms in total. The third-order valence-corrected chi connectivity index (χ3v) is 6.29. The molecule has 1 amide bonds. The predicted molar refractivity (Wildman–Crippen MR) is 107 cm³/mol. The minimum absolute atomic E-state index is 0.0925. The molecule has 6 heteroatoms. The van der Waals surface area contributed by atoms with E-state index in [-0.39, 0.29) is 11.3 Å². The summed E-state index contributed by atoms with van der Waals surface area (Å²) in [6.07, 6.45) is 5.96. The standard InChI is InChI=1S/C21H24N4OS/c1-17-23-19(16-27-17)21(18-6-3-2-4-7-18)9-14-24(15-10-21)20(26)8-13-25-12-5-11-22-25/h2-7,11-12,16H,8-10,13-15H2,1H3. The van der Waals surface area contributed by atoms with E-state index in [0.717, 1.165) is 36.6 Å². The molecule has 1 fully saturated rings. The Morgan fingerprint density at radius 3 is 2.59 bits per heavy atom. The maximum Gasteiger partial charge on any atom is 0.224 e. The summed E-state index contributed by atoms with van der Waals surface area (Å²) >= 11 is 1.70.